The largest absolute Gasteiger partial charge is 0.328 e. The Balaban J connectivity index is 1.44. The molecule has 138 valence electrons. The van der Waals surface area contributed by atoms with Gasteiger partial charge in [0.05, 0.1) is 0 Å². The minimum Gasteiger partial charge on any atom is -0.328 e. The van der Waals surface area contributed by atoms with Crippen LogP contribution in [-0.2, 0) is 17.8 Å². The first-order valence-electron chi connectivity index (χ1n) is 9.82. The van der Waals surface area contributed by atoms with Gasteiger partial charge in [-0.2, -0.15) is 0 Å². The molecular weight excluding hydrogens is 324 g/mol. The van der Waals surface area contributed by atoms with Crippen molar-refractivity contribution in [1.29, 1.82) is 0 Å². The van der Waals surface area contributed by atoms with E-state index in [0.29, 0.717) is 12.3 Å². The Morgan fingerprint density at radius 1 is 1.27 bits per heavy atom. The third-order valence-corrected chi connectivity index (χ3v) is 5.60. The van der Waals surface area contributed by atoms with Gasteiger partial charge in [-0.05, 0) is 63.7 Å². The SMILES string of the molecule is CN1CCCC(CC(=O)Nc2cccc(-c3ncc4n3CCCC4)c2)C1. The summed E-state index contributed by atoms with van der Waals surface area (Å²) in [6.45, 7) is 3.21. The third-order valence-electron chi connectivity index (χ3n) is 5.60. The number of rotatable bonds is 4. The molecule has 4 rings (SSSR count). The molecule has 0 aliphatic carbocycles. The molecule has 1 N–H and O–H groups in total. The van der Waals surface area contributed by atoms with Gasteiger partial charge >= 0.3 is 0 Å². The maximum atomic E-state index is 12.5. The Bertz CT molecular complexity index is 782. The molecule has 2 aliphatic heterocycles. The standard InChI is InChI=1S/C21H28N4O/c1-24-10-5-6-16(15-24)12-20(26)23-18-8-4-7-17(13-18)21-22-14-19-9-2-3-11-25(19)21/h4,7-8,13-14,16H,2-3,5-6,9-12,15H2,1H3,(H,23,26). The van der Waals surface area contributed by atoms with E-state index in [-0.39, 0.29) is 5.91 Å². The predicted molar refractivity (Wildman–Crippen MR) is 104 cm³/mol. The first-order chi connectivity index (χ1) is 12.7. The second-order valence-electron chi connectivity index (χ2n) is 7.79. The van der Waals surface area contributed by atoms with Crippen LogP contribution in [0.2, 0.25) is 0 Å². The van der Waals surface area contributed by atoms with Gasteiger partial charge in [-0.15, -0.1) is 0 Å². The number of aromatic nitrogens is 2. The molecular formula is C21H28N4O. The number of carbonyl (C=O) groups excluding carboxylic acids is 1. The average molecular weight is 352 g/mol. The lowest BCUT2D eigenvalue weighted by Gasteiger charge is -2.29. The molecule has 1 amide bonds. The summed E-state index contributed by atoms with van der Waals surface area (Å²) >= 11 is 0. The number of nitrogens with one attached hydrogen (secondary N) is 1. The van der Waals surface area contributed by atoms with E-state index >= 15 is 0 Å². The van der Waals surface area contributed by atoms with E-state index in [1.165, 1.54) is 25.0 Å². The Morgan fingerprint density at radius 3 is 3.08 bits per heavy atom. The number of hydrogen-bond acceptors (Lipinski definition) is 3. The summed E-state index contributed by atoms with van der Waals surface area (Å²) in [5.41, 5.74) is 3.26. The summed E-state index contributed by atoms with van der Waals surface area (Å²) in [5.74, 6) is 1.61. The van der Waals surface area contributed by atoms with Crippen molar-refractivity contribution in [2.24, 2.45) is 5.92 Å². The van der Waals surface area contributed by atoms with Gasteiger partial charge in [0.25, 0.3) is 0 Å². The number of imidazole rings is 1. The number of likely N-dealkylation sites (tertiary alicyclic amines) is 1. The lowest BCUT2D eigenvalue weighted by molar-refractivity contribution is -0.117. The molecule has 1 saturated heterocycles. The van der Waals surface area contributed by atoms with E-state index < -0.39 is 0 Å². The Labute approximate surface area is 155 Å². The van der Waals surface area contributed by atoms with Crippen LogP contribution in [0.5, 0.6) is 0 Å². The molecule has 0 saturated carbocycles. The molecule has 2 aromatic rings. The van der Waals surface area contributed by atoms with Crippen LogP contribution in [0.4, 0.5) is 5.69 Å². The molecule has 5 nitrogen and oxygen atoms in total. The van der Waals surface area contributed by atoms with Crippen LogP contribution < -0.4 is 5.32 Å². The monoisotopic (exact) mass is 352 g/mol. The summed E-state index contributed by atoms with van der Waals surface area (Å²) < 4.78 is 2.32. The number of anilines is 1. The second kappa shape index (κ2) is 7.62. The molecule has 2 aliphatic rings. The van der Waals surface area contributed by atoms with E-state index in [1.807, 2.05) is 18.3 Å². The van der Waals surface area contributed by atoms with Crippen molar-refractivity contribution in [3.8, 4) is 11.4 Å². The van der Waals surface area contributed by atoms with Crippen molar-refractivity contribution in [2.45, 2.75) is 45.1 Å². The Kier molecular flexibility index (Phi) is 5.07. The minimum atomic E-state index is 0.118. The summed E-state index contributed by atoms with van der Waals surface area (Å²) in [4.78, 5) is 19.4. The summed E-state index contributed by atoms with van der Waals surface area (Å²) in [7, 11) is 2.14. The molecule has 1 fully saturated rings. The minimum absolute atomic E-state index is 0.118. The van der Waals surface area contributed by atoms with Gasteiger partial charge < -0.3 is 14.8 Å². The maximum absolute atomic E-state index is 12.5. The number of amides is 1. The van der Waals surface area contributed by atoms with E-state index in [0.717, 1.165) is 49.6 Å². The van der Waals surface area contributed by atoms with Crippen molar-refractivity contribution >= 4 is 11.6 Å². The highest BCUT2D eigenvalue weighted by Gasteiger charge is 2.20. The van der Waals surface area contributed by atoms with Gasteiger partial charge in [-0.1, -0.05) is 12.1 Å². The molecule has 1 atom stereocenters. The zero-order chi connectivity index (χ0) is 17.9. The zero-order valence-electron chi connectivity index (χ0n) is 15.6. The van der Waals surface area contributed by atoms with Crippen LogP contribution in [0.1, 0.15) is 37.8 Å². The van der Waals surface area contributed by atoms with E-state index in [1.54, 1.807) is 0 Å². The molecule has 1 unspecified atom stereocenters. The third kappa shape index (κ3) is 3.83. The fraction of sp³-hybridized carbons (Fsp3) is 0.524. The average Bonchev–Trinajstić information content (AvgIpc) is 3.06. The zero-order valence-corrected chi connectivity index (χ0v) is 15.6. The molecule has 26 heavy (non-hydrogen) atoms. The van der Waals surface area contributed by atoms with Crippen LogP contribution >= 0.6 is 0 Å². The van der Waals surface area contributed by atoms with Gasteiger partial charge in [0.1, 0.15) is 5.82 Å². The predicted octanol–water partition coefficient (Wildman–Crippen LogP) is 3.56. The van der Waals surface area contributed by atoms with Crippen LogP contribution in [0.3, 0.4) is 0 Å². The Hall–Kier alpha value is -2.14. The summed E-state index contributed by atoms with van der Waals surface area (Å²) in [5, 5.41) is 3.09. The fourth-order valence-corrected chi connectivity index (χ4v) is 4.32. The fourth-order valence-electron chi connectivity index (χ4n) is 4.32. The number of hydrogen-bond donors (Lipinski definition) is 1. The lowest BCUT2D eigenvalue weighted by Crippen LogP contribution is -2.34. The number of benzene rings is 1. The molecule has 1 aromatic heterocycles. The number of carbonyl (C=O) groups is 1. The van der Waals surface area contributed by atoms with Crippen molar-refractivity contribution < 1.29 is 4.79 Å². The lowest BCUT2D eigenvalue weighted by atomic mass is 9.95. The Morgan fingerprint density at radius 2 is 2.19 bits per heavy atom. The van der Waals surface area contributed by atoms with Gasteiger partial charge in [0.2, 0.25) is 5.91 Å². The van der Waals surface area contributed by atoms with Gasteiger partial charge in [0.15, 0.2) is 0 Å². The maximum Gasteiger partial charge on any atom is 0.224 e. The first-order valence-corrected chi connectivity index (χ1v) is 9.82. The first kappa shape index (κ1) is 17.3. The number of nitrogens with zero attached hydrogens (tertiary/aromatic N) is 3. The molecule has 0 spiro atoms. The van der Waals surface area contributed by atoms with Crippen molar-refractivity contribution in [1.82, 2.24) is 14.5 Å². The van der Waals surface area contributed by atoms with E-state index in [4.69, 9.17) is 0 Å². The van der Waals surface area contributed by atoms with Gasteiger partial charge in [-0.3, -0.25) is 4.79 Å². The number of piperidine rings is 1. The highest BCUT2D eigenvalue weighted by molar-refractivity contribution is 5.91. The van der Waals surface area contributed by atoms with E-state index in [9.17, 15) is 4.79 Å². The van der Waals surface area contributed by atoms with Crippen LogP contribution in [0.15, 0.2) is 30.5 Å². The van der Waals surface area contributed by atoms with Crippen LogP contribution in [0, 0.1) is 5.92 Å². The van der Waals surface area contributed by atoms with Gasteiger partial charge in [-0.25, -0.2) is 4.98 Å². The molecule has 1 aromatic carbocycles. The quantitative estimate of drug-likeness (QED) is 0.915. The van der Waals surface area contributed by atoms with E-state index in [2.05, 4.69) is 38.9 Å². The molecule has 0 radical (unpaired) electrons. The second-order valence-corrected chi connectivity index (χ2v) is 7.79. The highest BCUT2D eigenvalue weighted by Crippen LogP contribution is 2.27. The van der Waals surface area contributed by atoms with Crippen molar-refractivity contribution in [3.63, 3.8) is 0 Å². The number of aryl methyl sites for hydroxylation is 1. The number of fused-ring (bicyclic) bond motifs is 1. The topological polar surface area (TPSA) is 50.2 Å². The molecule has 5 heteroatoms. The van der Waals surface area contributed by atoms with Crippen LogP contribution in [0.25, 0.3) is 11.4 Å². The molecule has 3 heterocycles. The highest BCUT2D eigenvalue weighted by atomic mass is 16.1. The van der Waals surface area contributed by atoms with Crippen molar-refractivity contribution in [2.75, 3.05) is 25.5 Å². The molecule has 0 bridgehead atoms. The van der Waals surface area contributed by atoms with Gasteiger partial charge in [0, 0.05) is 42.7 Å². The summed E-state index contributed by atoms with van der Waals surface area (Å²) in [6.07, 6.45) is 8.51. The summed E-state index contributed by atoms with van der Waals surface area (Å²) in [6, 6.07) is 8.10. The smallest absolute Gasteiger partial charge is 0.224 e. The van der Waals surface area contributed by atoms with Crippen molar-refractivity contribution in [3.05, 3.63) is 36.2 Å². The van der Waals surface area contributed by atoms with Crippen LogP contribution in [-0.4, -0.2) is 40.5 Å². The normalized spacial score (nSPS) is 20.6.